The maximum Gasteiger partial charge on any atom is 0.330 e. The summed E-state index contributed by atoms with van der Waals surface area (Å²) in [4.78, 5) is 25.3. The Morgan fingerprint density at radius 2 is 1.83 bits per heavy atom. The van der Waals surface area contributed by atoms with E-state index in [1.165, 1.54) is 5.56 Å². The van der Waals surface area contributed by atoms with Crippen LogP contribution in [0.5, 0.6) is 0 Å². The Hall–Kier alpha value is -3.55. The van der Waals surface area contributed by atoms with Gasteiger partial charge in [-0.05, 0) is 30.5 Å². The normalized spacial score (nSPS) is 14.2. The zero-order valence-corrected chi connectivity index (χ0v) is 16.7. The van der Waals surface area contributed by atoms with Crippen molar-refractivity contribution in [1.82, 2.24) is 25.5 Å². The molecule has 0 aliphatic heterocycles. The van der Waals surface area contributed by atoms with Gasteiger partial charge in [-0.1, -0.05) is 60.2 Å². The molecule has 1 fully saturated rings. The highest BCUT2D eigenvalue weighted by Gasteiger charge is 2.44. The van der Waals surface area contributed by atoms with Crippen molar-refractivity contribution in [3.8, 4) is 11.4 Å². The number of benzene rings is 2. The zero-order chi connectivity index (χ0) is 21.0. The first kappa shape index (κ1) is 19.8. The van der Waals surface area contributed by atoms with E-state index in [2.05, 4.69) is 32.9 Å². The molecule has 154 valence electrons. The highest BCUT2D eigenvalue weighted by molar-refractivity contribution is 5.80. The number of hydrogen-bond acceptors (Lipinski definition) is 6. The number of rotatable bonds is 8. The average Bonchev–Trinajstić information content (AvgIpc) is 3.43. The van der Waals surface area contributed by atoms with Crippen molar-refractivity contribution in [2.45, 2.75) is 31.7 Å². The highest BCUT2D eigenvalue weighted by Crippen LogP contribution is 2.47. The molecule has 8 nitrogen and oxygen atoms in total. The summed E-state index contributed by atoms with van der Waals surface area (Å²) < 4.78 is 5.05. The molecule has 1 aliphatic rings. The standard InChI is InChI=1S/C22H23N5O3/c1-16-7-9-17(10-8-16)21-24-26-27(25-21)13-20(29)30-14-19(28)23-15-22(11-12-22)18-5-3-2-4-6-18/h2-10H,11-15H2,1H3,(H,23,28). The van der Waals surface area contributed by atoms with Crippen LogP contribution in [0.25, 0.3) is 11.4 Å². The number of hydrogen-bond donors (Lipinski definition) is 1. The molecule has 0 atom stereocenters. The van der Waals surface area contributed by atoms with Crippen LogP contribution in [0.1, 0.15) is 24.0 Å². The van der Waals surface area contributed by atoms with Crippen LogP contribution in [0.2, 0.25) is 0 Å². The van der Waals surface area contributed by atoms with Gasteiger partial charge in [-0.15, -0.1) is 10.2 Å². The molecule has 8 heteroatoms. The Morgan fingerprint density at radius 1 is 1.10 bits per heavy atom. The topological polar surface area (TPSA) is 99.0 Å². The van der Waals surface area contributed by atoms with Gasteiger partial charge in [0.1, 0.15) is 0 Å². The average molecular weight is 405 g/mol. The van der Waals surface area contributed by atoms with Gasteiger partial charge in [0, 0.05) is 17.5 Å². The van der Waals surface area contributed by atoms with Gasteiger partial charge in [0.25, 0.3) is 5.91 Å². The fourth-order valence-electron chi connectivity index (χ4n) is 3.26. The first-order valence-corrected chi connectivity index (χ1v) is 9.87. The third kappa shape index (κ3) is 4.71. The highest BCUT2D eigenvalue weighted by atomic mass is 16.5. The van der Waals surface area contributed by atoms with Gasteiger partial charge < -0.3 is 10.1 Å². The number of carbonyl (C=O) groups is 2. The van der Waals surface area contributed by atoms with Gasteiger partial charge >= 0.3 is 5.97 Å². The van der Waals surface area contributed by atoms with Crippen molar-refractivity contribution in [3.63, 3.8) is 0 Å². The molecule has 1 saturated carbocycles. The van der Waals surface area contributed by atoms with E-state index in [4.69, 9.17) is 4.74 Å². The molecule has 0 saturated heterocycles. The van der Waals surface area contributed by atoms with E-state index in [0.717, 1.165) is 28.8 Å². The Kier molecular flexibility index (Phi) is 5.56. The van der Waals surface area contributed by atoms with E-state index >= 15 is 0 Å². The fourth-order valence-corrected chi connectivity index (χ4v) is 3.26. The van der Waals surface area contributed by atoms with Crippen LogP contribution >= 0.6 is 0 Å². The number of esters is 1. The van der Waals surface area contributed by atoms with Crippen molar-refractivity contribution in [2.24, 2.45) is 0 Å². The molecule has 30 heavy (non-hydrogen) atoms. The lowest BCUT2D eigenvalue weighted by Crippen LogP contribution is -2.35. The third-order valence-electron chi connectivity index (χ3n) is 5.26. The quantitative estimate of drug-likeness (QED) is 0.576. The molecule has 3 aromatic rings. The lowest BCUT2D eigenvalue weighted by atomic mass is 9.96. The minimum absolute atomic E-state index is 0.0119. The number of tetrazole rings is 1. The van der Waals surface area contributed by atoms with Gasteiger partial charge in [-0.2, -0.15) is 4.80 Å². The van der Waals surface area contributed by atoms with E-state index in [0.29, 0.717) is 12.4 Å². The Balaban J connectivity index is 1.22. The summed E-state index contributed by atoms with van der Waals surface area (Å²) >= 11 is 0. The van der Waals surface area contributed by atoms with Crippen LogP contribution in [-0.4, -0.2) is 45.2 Å². The van der Waals surface area contributed by atoms with Crippen LogP contribution in [0.15, 0.2) is 54.6 Å². The summed E-state index contributed by atoms with van der Waals surface area (Å²) in [5, 5.41) is 14.9. The van der Waals surface area contributed by atoms with Gasteiger partial charge in [0.05, 0.1) is 0 Å². The predicted octanol–water partition coefficient (Wildman–Crippen LogP) is 2.04. The summed E-state index contributed by atoms with van der Waals surface area (Å²) in [6.45, 7) is 1.99. The van der Waals surface area contributed by atoms with Gasteiger partial charge in [0.15, 0.2) is 13.2 Å². The minimum Gasteiger partial charge on any atom is -0.454 e. The van der Waals surface area contributed by atoms with Crippen LogP contribution in [0, 0.1) is 6.92 Å². The van der Waals surface area contributed by atoms with Crippen molar-refractivity contribution in [3.05, 3.63) is 65.7 Å². The molecular formula is C22H23N5O3. The Morgan fingerprint density at radius 3 is 2.53 bits per heavy atom. The maximum absolute atomic E-state index is 12.1. The molecule has 2 aromatic carbocycles. The van der Waals surface area contributed by atoms with Crippen LogP contribution < -0.4 is 5.32 Å². The van der Waals surface area contributed by atoms with Gasteiger partial charge in [-0.3, -0.25) is 4.79 Å². The van der Waals surface area contributed by atoms with E-state index in [-0.39, 0.29) is 24.5 Å². The summed E-state index contributed by atoms with van der Waals surface area (Å²) in [5.74, 6) is -0.490. The van der Waals surface area contributed by atoms with Crippen molar-refractivity contribution in [1.29, 1.82) is 0 Å². The van der Waals surface area contributed by atoms with Crippen molar-refractivity contribution >= 4 is 11.9 Å². The Labute approximate surface area is 174 Å². The molecule has 0 bridgehead atoms. The van der Waals surface area contributed by atoms with Gasteiger partial charge in [-0.25, -0.2) is 4.79 Å². The molecule has 0 radical (unpaired) electrons. The predicted molar refractivity (Wildman–Crippen MR) is 109 cm³/mol. The molecule has 1 N–H and O–H groups in total. The summed E-state index contributed by atoms with van der Waals surface area (Å²) in [7, 11) is 0. The van der Waals surface area contributed by atoms with E-state index in [9.17, 15) is 9.59 Å². The SMILES string of the molecule is Cc1ccc(-c2nnn(CC(=O)OCC(=O)NCC3(c4ccccc4)CC3)n2)cc1. The lowest BCUT2D eigenvalue weighted by Gasteiger charge is -2.16. The molecule has 0 spiro atoms. The fraction of sp³-hybridized carbons (Fsp3) is 0.318. The molecule has 1 aliphatic carbocycles. The second-order valence-electron chi connectivity index (χ2n) is 7.59. The molecule has 1 amide bonds. The zero-order valence-electron chi connectivity index (χ0n) is 16.7. The smallest absolute Gasteiger partial charge is 0.330 e. The molecule has 4 rings (SSSR count). The van der Waals surface area contributed by atoms with Crippen molar-refractivity contribution < 1.29 is 14.3 Å². The summed E-state index contributed by atoms with van der Waals surface area (Å²) in [6.07, 6.45) is 2.08. The van der Waals surface area contributed by atoms with Crippen LogP contribution in [0.3, 0.4) is 0 Å². The number of nitrogens with zero attached hydrogens (tertiary/aromatic N) is 4. The second-order valence-corrected chi connectivity index (χ2v) is 7.59. The largest absolute Gasteiger partial charge is 0.454 e. The van der Waals surface area contributed by atoms with E-state index < -0.39 is 5.97 Å². The minimum atomic E-state index is -0.595. The first-order valence-electron chi connectivity index (χ1n) is 9.87. The number of ether oxygens (including phenoxy) is 1. The number of amides is 1. The molecule has 1 aromatic heterocycles. The second kappa shape index (κ2) is 8.44. The number of aromatic nitrogens is 4. The monoisotopic (exact) mass is 405 g/mol. The van der Waals surface area contributed by atoms with E-state index in [1.54, 1.807) is 0 Å². The lowest BCUT2D eigenvalue weighted by molar-refractivity contribution is -0.149. The molecular weight excluding hydrogens is 382 g/mol. The van der Waals surface area contributed by atoms with Crippen molar-refractivity contribution in [2.75, 3.05) is 13.2 Å². The first-order chi connectivity index (χ1) is 14.5. The number of carbonyl (C=O) groups excluding carboxylic acids is 2. The van der Waals surface area contributed by atoms with Crippen LogP contribution in [0.4, 0.5) is 0 Å². The molecule has 1 heterocycles. The number of aryl methyl sites for hydroxylation is 1. The maximum atomic E-state index is 12.1. The summed E-state index contributed by atoms with van der Waals surface area (Å²) in [6, 6.07) is 17.8. The third-order valence-corrected chi connectivity index (χ3v) is 5.26. The number of nitrogens with one attached hydrogen (secondary N) is 1. The van der Waals surface area contributed by atoms with Gasteiger partial charge in [0.2, 0.25) is 5.82 Å². The molecule has 0 unspecified atom stereocenters. The summed E-state index contributed by atoms with van der Waals surface area (Å²) in [5.41, 5.74) is 3.18. The van der Waals surface area contributed by atoms with Crippen LogP contribution in [-0.2, 0) is 26.3 Å². The Bertz CT molecular complexity index is 1030. The van der Waals surface area contributed by atoms with E-state index in [1.807, 2.05) is 49.4 Å².